The molecule has 2 heteroatoms. The van der Waals surface area contributed by atoms with Gasteiger partial charge in [-0.15, -0.1) is 0 Å². The molecule has 0 aliphatic heterocycles. The van der Waals surface area contributed by atoms with E-state index in [1.54, 1.807) is 12.1 Å². The molecule has 1 nitrogen and oxygen atoms in total. The van der Waals surface area contributed by atoms with Crippen LogP contribution in [0.25, 0.3) is 0 Å². The highest BCUT2D eigenvalue weighted by Gasteiger charge is 2.23. The van der Waals surface area contributed by atoms with Crippen LogP contribution in [0.5, 0.6) is 0 Å². The van der Waals surface area contributed by atoms with Crippen molar-refractivity contribution in [1.82, 2.24) is 5.32 Å². The second-order valence-electron chi connectivity index (χ2n) is 5.07. The first-order valence-electron chi connectivity index (χ1n) is 7.05. The number of benzene rings is 1. The van der Waals surface area contributed by atoms with Crippen LogP contribution in [-0.4, -0.2) is 6.54 Å². The third-order valence-corrected chi connectivity index (χ3v) is 3.81. The van der Waals surface area contributed by atoms with Crippen molar-refractivity contribution in [2.45, 2.75) is 53.5 Å². The lowest BCUT2D eigenvalue weighted by molar-refractivity contribution is 0.344. The van der Waals surface area contributed by atoms with Gasteiger partial charge in [0.2, 0.25) is 0 Å². The van der Waals surface area contributed by atoms with Crippen molar-refractivity contribution in [3.8, 4) is 0 Å². The maximum absolute atomic E-state index is 13.4. The lowest BCUT2D eigenvalue weighted by Gasteiger charge is -2.29. The van der Waals surface area contributed by atoms with Gasteiger partial charge in [0.15, 0.2) is 0 Å². The summed E-state index contributed by atoms with van der Waals surface area (Å²) >= 11 is 0. The molecule has 0 bridgehead atoms. The van der Waals surface area contributed by atoms with Gasteiger partial charge < -0.3 is 5.32 Å². The molecule has 1 aromatic rings. The molecule has 1 N–H and O–H groups in total. The van der Waals surface area contributed by atoms with Crippen molar-refractivity contribution in [2.75, 3.05) is 6.54 Å². The van der Waals surface area contributed by atoms with Gasteiger partial charge in [-0.25, -0.2) is 4.39 Å². The first-order valence-corrected chi connectivity index (χ1v) is 7.05. The molecule has 1 atom stereocenters. The summed E-state index contributed by atoms with van der Waals surface area (Å²) in [5.74, 6) is 0.473. The smallest absolute Gasteiger partial charge is 0.123 e. The van der Waals surface area contributed by atoms with Gasteiger partial charge >= 0.3 is 0 Å². The summed E-state index contributed by atoms with van der Waals surface area (Å²) in [4.78, 5) is 0. The van der Waals surface area contributed by atoms with Crippen molar-refractivity contribution in [3.05, 3.63) is 34.6 Å². The van der Waals surface area contributed by atoms with Gasteiger partial charge in [0.25, 0.3) is 0 Å². The number of rotatable bonds is 6. The maximum atomic E-state index is 13.4. The van der Waals surface area contributed by atoms with Crippen LogP contribution >= 0.6 is 0 Å². The first kappa shape index (κ1) is 15.2. The normalized spacial score (nSPS) is 13.1. The monoisotopic (exact) mass is 251 g/mol. The SMILES string of the molecule is CCNC(c1c(C)cc(F)cc1C)C(CC)CC. The second kappa shape index (κ2) is 6.89. The zero-order valence-electron chi connectivity index (χ0n) is 12.3. The Morgan fingerprint density at radius 3 is 1.94 bits per heavy atom. The largest absolute Gasteiger partial charge is 0.310 e. The predicted molar refractivity (Wildman–Crippen MR) is 76.4 cm³/mol. The lowest BCUT2D eigenvalue weighted by Crippen LogP contribution is -2.29. The Kier molecular flexibility index (Phi) is 5.80. The van der Waals surface area contributed by atoms with Gasteiger partial charge in [-0.1, -0.05) is 33.6 Å². The molecule has 0 saturated carbocycles. The Bertz CT molecular complexity index is 360. The highest BCUT2D eigenvalue weighted by Crippen LogP contribution is 2.32. The van der Waals surface area contributed by atoms with E-state index in [2.05, 4.69) is 26.1 Å². The molecule has 0 heterocycles. The zero-order chi connectivity index (χ0) is 13.7. The fourth-order valence-corrected chi connectivity index (χ4v) is 2.90. The van der Waals surface area contributed by atoms with E-state index in [1.165, 1.54) is 5.56 Å². The summed E-state index contributed by atoms with van der Waals surface area (Å²) in [6, 6.07) is 3.63. The second-order valence-corrected chi connectivity index (χ2v) is 5.07. The van der Waals surface area contributed by atoms with Crippen LogP contribution in [0.4, 0.5) is 4.39 Å². The molecule has 0 fully saturated rings. The average molecular weight is 251 g/mol. The molecule has 1 aromatic carbocycles. The topological polar surface area (TPSA) is 12.0 Å². The van der Waals surface area contributed by atoms with Crippen molar-refractivity contribution in [2.24, 2.45) is 5.92 Å². The van der Waals surface area contributed by atoms with Gasteiger partial charge in [-0.3, -0.25) is 0 Å². The number of hydrogen-bond acceptors (Lipinski definition) is 1. The quantitative estimate of drug-likeness (QED) is 0.783. The summed E-state index contributed by atoms with van der Waals surface area (Å²) in [5, 5.41) is 3.58. The molecule has 0 saturated heterocycles. The van der Waals surface area contributed by atoms with Crippen molar-refractivity contribution < 1.29 is 4.39 Å². The molecule has 0 aliphatic rings. The summed E-state index contributed by atoms with van der Waals surface area (Å²) in [6.45, 7) is 11.6. The Morgan fingerprint density at radius 2 is 1.56 bits per heavy atom. The van der Waals surface area contributed by atoms with E-state index in [1.807, 2.05) is 13.8 Å². The molecular formula is C16H26FN. The fourth-order valence-electron chi connectivity index (χ4n) is 2.90. The Labute approximate surface area is 111 Å². The molecule has 1 unspecified atom stereocenters. The van der Waals surface area contributed by atoms with Gasteiger partial charge in [0.1, 0.15) is 5.82 Å². The summed E-state index contributed by atoms with van der Waals surface area (Å²) < 4.78 is 13.4. The van der Waals surface area contributed by atoms with E-state index >= 15 is 0 Å². The molecule has 1 rings (SSSR count). The minimum atomic E-state index is -0.131. The van der Waals surface area contributed by atoms with Gasteiger partial charge in [0, 0.05) is 6.04 Å². The van der Waals surface area contributed by atoms with E-state index in [9.17, 15) is 4.39 Å². The molecule has 0 aromatic heterocycles. The third-order valence-electron chi connectivity index (χ3n) is 3.81. The highest BCUT2D eigenvalue weighted by molar-refractivity contribution is 5.37. The van der Waals surface area contributed by atoms with Crippen LogP contribution in [-0.2, 0) is 0 Å². The molecule has 0 amide bonds. The number of halogens is 1. The summed E-state index contributed by atoms with van der Waals surface area (Å²) in [6.07, 6.45) is 2.29. The Morgan fingerprint density at radius 1 is 1.06 bits per heavy atom. The lowest BCUT2D eigenvalue weighted by atomic mass is 9.84. The van der Waals surface area contributed by atoms with Gasteiger partial charge in [-0.2, -0.15) is 0 Å². The predicted octanol–water partition coefficient (Wildman–Crippen LogP) is 4.53. The van der Waals surface area contributed by atoms with Crippen molar-refractivity contribution in [3.63, 3.8) is 0 Å². The minimum absolute atomic E-state index is 0.131. The maximum Gasteiger partial charge on any atom is 0.123 e. The van der Waals surface area contributed by atoms with Crippen LogP contribution in [0.15, 0.2) is 12.1 Å². The molecule has 0 spiro atoms. The standard InChI is InChI=1S/C16H26FN/c1-6-13(7-2)16(18-8-3)15-11(4)9-14(17)10-12(15)5/h9-10,13,16,18H,6-8H2,1-5H3. The fraction of sp³-hybridized carbons (Fsp3) is 0.625. The molecule has 18 heavy (non-hydrogen) atoms. The number of nitrogens with one attached hydrogen (secondary N) is 1. The van der Waals surface area contributed by atoms with Crippen LogP contribution in [0.2, 0.25) is 0 Å². The van der Waals surface area contributed by atoms with Crippen LogP contribution in [0, 0.1) is 25.6 Å². The summed E-state index contributed by atoms with van der Waals surface area (Å²) in [5.41, 5.74) is 3.41. The van der Waals surface area contributed by atoms with Crippen molar-refractivity contribution >= 4 is 0 Å². The van der Waals surface area contributed by atoms with E-state index in [0.717, 1.165) is 30.5 Å². The Hall–Kier alpha value is -0.890. The molecular weight excluding hydrogens is 225 g/mol. The van der Waals surface area contributed by atoms with E-state index in [0.29, 0.717) is 12.0 Å². The van der Waals surface area contributed by atoms with E-state index in [-0.39, 0.29) is 5.82 Å². The minimum Gasteiger partial charge on any atom is -0.310 e. The van der Waals surface area contributed by atoms with Crippen LogP contribution in [0.3, 0.4) is 0 Å². The summed E-state index contributed by atoms with van der Waals surface area (Å²) in [7, 11) is 0. The average Bonchev–Trinajstić information content (AvgIpc) is 2.29. The first-order chi connectivity index (χ1) is 8.54. The zero-order valence-corrected chi connectivity index (χ0v) is 12.3. The number of aryl methyl sites for hydroxylation is 2. The van der Waals surface area contributed by atoms with Gasteiger partial charge in [0.05, 0.1) is 0 Å². The molecule has 0 aliphatic carbocycles. The van der Waals surface area contributed by atoms with E-state index in [4.69, 9.17) is 0 Å². The third kappa shape index (κ3) is 3.32. The molecule has 102 valence electrons. The number of hydrogen-bond donors (Lipinski definition) is 1. The van der Waals surface area contributed by atoms with Crippen LogP contribution < -0.4 is 5.32 Å². The van der Waals surface area contributed by atoms with Gasteiger partial charge in [-0.05, 0) is 55.1 Å². The van der Waals surface area contributed by atoms with E-state index < -0.39 is 0 Å². The Balaban J connectivity index is 3.20. The van der Waals surface area contributed by atoms with Crippen molar-refractivity contribution in [1.29, 1.82) is 0 Å². The van der Waals surface area contributed by atoms with Crippen LogP contribution in [0.1, 0.15) is 56.3 Å². The highest BCUT2D eigenvalue weighted by atomic mass is 19.1. The molecule has 0 radical (unpaired) electrons.